The van der Waals surface area contributed by atoms with E-state index in [-0.39, 0.29) is 18.9 Å². The van der Waals surface area contributed by atoms with Crippen LogP contribution >= 0.6 is 0 Å². The van der Waals surface area contributed by atoms with Crippen LogP contribution in [0, 0.1) is 0 Å². The van der Waals surface area contributed by atoms with Gasteiger partial charge >= 0.3 is 0 Å². The fourth-order valence-electron chi connectivity index (χ4n) is 10.1. The van der Waals surface area contributed by atoms with E-state index in [0.717, 1.165) is 25.7 Å². The van der Waals surface area contributed by atoms with Gasteiger partial charge < -0.3 is 20.6 Å². The highest BCUT2D eigenvalue weighted by molar-refractivity contribution is 5.76. The first-order chi connectivity index (χ1) is 33.0. The molecule has 0 saturated carbocycles. The third kappa shape index (κ3) is 54.3. The highest BCUT2D eigenvalue weighted by Crippen LogP contribution is 2.19. The van der Waals surface area contributed by atoms with Crippen molar-refractivity contribution in [2.45, 2.75) is 372 Å². The Balaban J connectivity index is 3.46. The fraction of sp³-hybridized carbons (Fsp3) is 0.952. The summed E-state index contributed by atoms with van der Waals surface area (Å²) in [7, 11) is 0. The largest absolute Gasteiger partial charge is 0.394 e. The average molecular weight is 947 g/mol. The summed E-state index contributed by atoms with van der Waals surface area (Å²) < 4.78 is 0. The maximum absolute atomic E-state index is 12.5. The van der Waals surface area contributed by atoms with Gasteiger partial charge in [-0.05, 0) is 19.3 Å². The molecular weight excluding hydrogens is 823 g/mol. The average Bonchev–Trinajstić information content (AvgIpc) is 3.32. The van der Waals surface area contributed by atoms with Crippen molar-refractivity contribution >= 4 is 5.91 Å². The number of aliphatic hydroxyl groups excluding tert-OH is 3. The Kier molecular flexibility index (Phi) is 56.9. The van der Waals surface area contributed by atoms with E-state index in [1.165, 1.54) is 302 Å². The number of carbonyl (C=O) groups excluding carboxylic acids is 1. The predicted molar refractivity (Wildman–Crippen MR) is 296 cm³/mol. The SMILES string of the molecule is CCCCCCCCCCCCCCCCCCC/C=C/C(O)C(CO)NC(=O)CC(O)CCCCCCCCCCCCCCCCCCCCCCCCCCCCCCCCCCC. The first-order valence-electron chi connectivity index (χ1n) is 31.0. The van der Waals surface area contributed by atoms with E-state index < -0.39 is 18.2 Å². The lowest BCUT2D eigenvalue weighted by atomic mass is 10.0. The number of hydrogen-bond acceptors (Lipinski definition) is 4. The lowest BCUT2D eigenvalue weighted by molar-refractivity contribution is -0.124. The van der Waals surface area contributed by atoms with Crippen LogP contribution in [0.25, 0.3) is 0 Å². The molecule has 4 N–H and O–H groups in total. The summed E-state index contributed by atoms with van der Waals surface area (Å²) in [5.74, 6) is -0.307. The van der Waals surface area contributed by atoms with Crippen LogP contribution < -0.4 is 5.32 Å². The van der Waals surface area contributed by atoms with Gasteiger partial charge in [-0.2, -0.15) is 0 Å². The third-order valence-corrected chi connectivity index (χ3v) is 14.8. The molecule has 400 valence electrons. The minimum absolute atomic E-state index is 0.0197. The van der Waals surface area contributed by atoms with Crippen molar-refractivity contribution in [2.24, 2.45) is 0 Å². The molecule has 0 aliphatic carbocycles. The molecule has 5 nitrogen and oxygen atoms in total. The molecule has 0 aromatic rings. The second kappa shape index (κ2) is 57.7. The van der Waals surface area contributed by atoms with E-state index in [2.05, 4.69) is 19.2 Å². The molecule has 3 atom stereocenters. The molecule has 0 spiro atoms. The Morgan fingerprint density at radius 1 is 0.373 bits per heavy atom. The minimum atomic E-state index is -0.926. The standard InChI is InChI=1S/C62H123NO4/c1-3-5-7-9-11-13-15-17-19-21-23-24-25-26-27-28-29-30-31-32-33-34-35-36-38-39-41-43-45-47-49-51-53-55-59(65)57-62(67)63-60(58-64)61(66)56-54-52-50-48-46-44-42-40-37-22-20-18-16-14-12-10-8-6-4-2/h54,56,59-61,64-66H,3-53,55,57-58H2,1-2H3,(H,63,67)/b56-54+. The maximum Gasteiger partial charge on any atom is 0.222 e. The molecule has 0 heterocycles. The van der Waals surface area contributed by atoms with Crippen LogP contribution in [0.5, 0.6) is 0 Å². The molecule has 0 saturated heterocycles. The Hall–Kier alpha value is -0.910. The number of amides is 1. The highest BCUT2D eigenvalue weighted by atomic mass is 16.3. The molecular formula is C62H123NO4. The number of nitrogens with one attached hydrogen (secondary N) is 1. The molecule has 0 aliphatic heterocycles. The fourth-order valence-corrected chi connectivity index (χ4v) is 10.1. The summed E-state index contributed by atoms with van der Waals surface area (Å²) in [5.41, 5.74) is 0. The number of rotatable bonds is 58. The minimum Gasteiger partial charge on any atom is -0.394 e. The van der Waals surface area contributed by atoms with Crippen molar-refractivity contribution in [2.75, 3.05) is 6.61 Å². The van der Waals surface area contributed by atoms with Crippen molar-refractivity contribution in [3.8, 4) is 0 Å². The molecule has 3 unspecified atom stereocenters. The van der Waals surface area contributed by atoms with Crippen LogP contribution in [0.1, 0.15) is 354 Å². The predicted octanol–water partition coefficient (Wildman–Crippen LogP) is 19.5. The number of aliphatic hydroxyl groups is 3. The van der Waals surface area contributed by atoms with Gasteiger partial charge in [0, 0.05) is 0 Å². The van der Waals surface area contributed by atoms with Gasteiger partial charge in [0.1, 0.15) is 0 Å². The second-order valence-electron chi connectivity index (χ2n) is 21.7. The summed E-state index contributed by atoms with van der Waals surface area (Å²) >= 11 is 0. The number of allylic oxidation sites excluding steroid dienone is 1. The zero-order valence-corrected chi connectivity index (χ0v) is 45.8. The van der Waals surface area contributed by atoms with E-state index in [4.69, 9.17) is 0 Å². The summed E-state index contributed by atoms with van der Waals surface area (Å²) in [5, 5.41) is 33.5. The third-order valence-electron chi connectivity index (χ3n) is 14.8. The Bertz CT molecular complexity index is 956. The molecule has 1 amide bonds. The zero-order chi connectivity index (χ0) is 48.6. The molecule has 0 aromatic carbocycles. The summed E-state index contributed by atoms with van der Waals surface area (Å²) in [4.78, 5) is 12.5. The van der Waals surface area contributed by atoms with Crippen molar-refractivity contribution in [3.05, 3.63) is 12.2 Å². The van der Waals surface area contributed by atoms with E-state index in [1.54, 1.807) is 6.08 Å². The number of unbranched alkanes of at least 4 members (excludes halogenated alkanes) is 49. The molecule has 0 aliphatic rings. The van der Waals surface area contributed by atoms with Gasteiger partial charge in [-0.1, -0.05) is 341 Å². The smallest absolute Gasteiger partial charge is 0.222 e. The lowest BCUT2D eigenvalue weighted by Crippen LogP contribution is -2.45. The quantitative estimate of drug-likeness (QED) is 0.0361. The topological polar surface area (TPSA) is 89.8 Å². The van der Waals surface area contributed by atoms with Gasteiger partial charge in [0.2, 0.25) is 5.91 Å². The molecule has 0 aromatic heterocycles. The van der Waals surface area contributed by atoms with E-state index >= 15 is 0 Å². The summed E-state index contributed by atoms with van der Waals surface area (Å²) in [6.07, 6.45) is 72.9. The van der Waals surface area contributed by atoms with Gasteiger partial charge in [-0.3, -0.25) is 4.79 Å². The number of hydrogen-bond donors (Lipinski definition) is 4. The van der Waals surface area contributed by atoms with Crippen LogP contribution in [0.3, 0.4) is 0 Å². The normalized spacial score (nSPS) is 13.2. The first-order valence-corrected chi connectivity index (χ1v) is 31.0. The number of carbonyl (C=O) groups is 1. The van der Waals surface area contributed by atoms with Gasteiger partial charge in [-0.15, -0.1) is 0 Å². The second-order valence-corrected chi connectivity index (χ2v) is 21.7. The summed E-state index contributed by atoms with van der Waals surface area (Å²) in [6, 6.07) is -0.741. The molecule has 67 heavy (non-hydrogen) atoms. The van der Waals surface area contributed by atoms with Crippen LogP contribution in [0.4, 0.5) is 0 Å². The van der Waals surface area contributed by atoms with Crippen LogP contribution in [-0.2, 0) is 4.79 Å². The van der Waals surface area contributed by atoms with E-state index in [1.807, 2.05) is 6.08 Å². The maximum atomic E-state index is 12.5. The Morgan fingerprint density at radius 2 is 0.612 bits per heavy atom. The molecule has 0 fully saturated rings. The monoisotopic (exact) mass is 946 g/mol. The first kappa shape index (κ1) is 66.1. The zero-order valence-electron chi connectivity index (χ0n) is 45.8. The molecule has 0 rings (SSSR count). The van der Waals surface area contributed by atoms with Crippen molar-refractivity contribution in [1.82, 2.24) is 5.32 Å². The van der Waals surface area contributed by atoms with Gasteiger partial charge in [0.05, 0.1) is 31.3 Å². The lowest BCUT2D eigenvalue weighted by Gasteiger charge is -2.21. The molecule has 0 bridgehead atoms. The van der Waals surface area contributed by atoms with Gasteiger partial charge in [-0.25, -0.2) is 0 Å². The van der Waals surface area contributed by atoms with Crippen molar-refractivity contribution in [1.29, 1.82) is 0 Å². The van der Waals surface area contributed by atoms with Gasteiger partial charge in [0.15, 0.2) is 0 Å². The van der Waals surface area contributed by atoms with Crippen molar-refractivity contribution < 1.29 is 20.1 Å². The van der Waals surface area contributed by atoms with Crippen molar-refractivity contribution in [3.63, 3.8) is 0 Å². The van der Waals surface area contributed by atoms with Crippen LogP contribution in [0.2, 0.25) is 0 Å². The Morgan fingerprint density at radius 3 is 0.866 bits per heavy atom. The molecule has 5 heteroatoms. The highest BCUT2D eigenvalue weighted by Gasteiger charge is 2.20. The van der Waals surface area contributed by atoms with Crippen LogP contribution in [-0.4, -0.2) is 46.1 Å². The van der Waals surface area contributed by atoms with Gasteiger partial charge in [0.25, 0.3) is 0 Å². The van der Waals surface area contributed by atoms with Crippen LogP contribution in [0.15, 0.2) is 12.2 Å². The Labute approximate surface area is 420 Å². The van der Waals surface area contributed by atoms with E-state index in [0.29, 0.717) is 6.42 Å². The summed E-state index contributed by atoms with van der Waals surface area (Å²) in [6.45, 7) is 4.26. The van der Waals surface area contributed by atoms with E-state index in [9.17, 15) is 20.1 Å². The molecule has 0 radical (unpaired) electrons.